The summed E-state index contributed by atoms with van der Waals surface area (Å²) in [7, 11) is 0. The van der Waals surface area contributed by atoms with Gasteiger partial charge in [0.25, 0.3) is 0 Å². The maximum absolute atomic E-state index is 13.1. The molecule has 1 aromatic carbocycles. The molecule has 0 radical (unpaired) electrons. The molecule has 2 unspecified atom stereocenters. The van der Waals surface area contributed by atoms with Gasteiger partial charge in [-0.2, -0.15) is 0 Å². The molecular weight excluding hydrogens is 251 g/mol. The fourth-order valence-corrected chi connectivity index (χ4v) is 1.53. The Bertz CT molecular complexity index is 491. The van der Waals surface area contributed by atoms with Crippen molar-refractivity contribution in [3.05, 3.63) is 29.6 Å². The van der Waals surface area contributed by atoms with E-state index in [1.807, 2.05) is 13.8 Å². The normalized spacial score (nSPS) is 13.7. The Balaban J connectivity index is 2.95. The molecule has 104 valence electrons. The highest BCUT2D eigenvalue weighted by Crippen LogP contribution is 2.18. The van der Waals surface area contributed by atoms with Gasteiger partial charge in [0.15, 0.2) is 0 Å². The van der Waals surface area contributed by atoms with Gasteiger partial charge in [-0.3, -0.25) is 4.79 Å². The summed E-state index contributed by atoms with van der Waals surface area (Å²) < 4.78 is 13.1. The minimum atomic E-state index is -1.24. The first kappa shape index (κ1) is 15.1. The van der Waals surface area contributed by atoms with Crippen molar-refractivity contribution >= 4 is 17.6 Å². The molecule has 5 nitrogen and oxygen atoms in total. The van der Waals surface area contributed by atoms with Crippen molar-refractivity contribution < 1.29 is 19.1 Å². The number of carbonyl (C=O) groups excluding carboxylic acids is 1. The monoisotopic (exact) mass is 268 g/mol. The summed E-state index contributed by atoms with van der Waals surface area (Å²) in [6.07, 6.45) is 0.712. The summed E-state index contributed by atoms with van der Waals surface area (Å²) in [6, 6.07) is 2.32. The van der Waals surface area contributed by atoms with Crippen LogP contribution in [0.25, 0.3) is 0 Å². The maximum Gasteiger partial charge on any atom is 0.337 e. The van der Waals surface area contributed by atoms with E-state index in [-0.39, 0.29) is 17.2 Å². The van der Waals surface area contributed by atoms with Crippen molar-refractivity contribution in [2.75, 3.05) is 5.32 Å². The number of rotatable bonds is 5. The minimum Gasteiger partial charge on any atom is -0.478 e. The van der Waals surface area contributed by atoms with Crippen LogP contribution in [0.5, 0.6) is 0 Å². The van der Waals surface area contributed by atoms with Crippen LogP contribution in [-0.4, -0.2) is 23.0 Å². The van der Waals surface area contributed by atoms with Gasteiger partial charge >= 0.3 is 5.97 Å². The molecule has 19 heavy (non-hydrogen) atoms. The van der Waals surface area contributed by atoms with Crippen molar-refractivity contribution in [2.45, 2.75) is 26.3 Å². The molecule has 2 atom stereocenters. The number of carbonyl (C=O) groups is 2. The number of anilines is 1. The summed E-state index contributed by atoms with van der Waals surface area (Å²) in [5.41, 5.74) is 5.47. The molecule has 0 fully saturated rings. The highest BCUT2D eigenvalue weighted by atomic mass is 19.1. The number of aromatic carboxylic acids is 1. The van der Waals surface area contributed by atoms with Crippen LogP contribution in [0, 0.1) is 11.7 Å². The minimum absolute atomic E-state index is 0.0539. The number of nitrogens with two attached hydrogens (primary N) is 1. The molecular formula is C13H17FN2O3. The lowest BCUT2D eigenvalue weighted by Crippen LogP contribution is -2.40. The summed E-state index contributed by atoms with van der Waals surface area (Å²) in [4.78, 5) is 22.8. The Labute approximate surface area is 110 Å². The SMILES string of the molecule is CCC(C)C(N)C(=O)Nc1cc(F)ccc1C(=O)O. The van der Waals surface area contributed by atoms with Gasteiger partial charge in [-0.25, -0.2) is 9.18 Å². The van der Waals surface area contributed by atoms with E-state index in [0.29, 0.717) is 6.42 Å². The zero-order valence-electron chi connectivity index (χ0n) is 10.8. The smallest absolute Gasteiger partial charge is 0.337 e. The first-order valence-electron chi connectivity index (χ1n) is 5.96. The Morgan fingerprint density at radius 1 is 1.47 bits per heavy atom. The van der Waals surface area contributed by atoms with Gasteiger partial charge in [-0.1, -0.05) is 20.3 Å². The van der Waals surface area contributed by atoms with E-state index in [1.54, 1.807) is 0 Å². The lowest BCUT2D eigenvalue weighted by molar-refractivity contribution is -0.118. The molecule has 0 bridgehead atoms. The van der Waals surface area contributed by atoms with Crippen LogP contribution in [0.3, 0.4) is 0 Å². The fourth-order valence-electron chi connectivity index (χ4n) is 1.53. The van der Waals surface area contributed by atoms with Crippen LogP contribution < -0.4 is 11.1 Å². The summed E-state index contributed by atoms with van der Waals surface area (Å²) in [5.74, 6) is -2.45. The zero-order valence-corrected chi connectivity index (χ0v) is 10.8. The third-order valence-corrected chi connectivity index (χ3v) is 3.03. The van der Waals surface area contributed by atoms with E-state index >= 15 is 0 Å². The Morgan fingerprint density at radius 3 is 2.63 bits per heavy atom. The third-order valence-electron chi connectivity index (χ3n) is 3.03. The van der Waals surface area contributed by atoms with Crippen molar-refractivity contribution in [2.24, 2.45) is 11.7 Å². The van der Waals surface area contributed by atoms with Gasteiger partial charge in [-0.15, -0.1) is 0 Å². The lowest BCUT2D eigenvalue weighted by atomic mass is 9.99. The molecule has 1 rings (SSSR count). The molecule has 0 aliphatic heterocycles. The van der Waals surface area contributed by atoms with E-state index in [0.717, 1.165) is 18.2 Å². The average molecular weight is 268 g/mol. The highest BCUT2D eigenvalue weighted by molar-refractivity contribution is 6.02. The molecule has 4 N–H and O–H groups in total. The van der Waals surface area contributed by atoms with Crippen molar-refractivity contribution in [3.63, 3.8) is 0 Å². The summed E-state index contributed by atoms with van der Waals surface area (Å²) in [6.45, 7) is 3.70. The molecule has 1 amide bonds. The average Bonchev–Trinajstić information content (AvgIpc) is 2.36. The first-order valence-corrected chi connectivity index (χ1v) is 5.96. The Hall–Kier alpha value is -1.95. The number of carboxylic acid groups (broad SMARTS) is 1. The van der Waals surface area contributed by atoms with Gasteiger partial charge in [0.2, 0.25) is 5.91 Å². The fraction of sp³-hybridized carbons (Fsp3) is 0.385. The molecule has 0 aromatic heterocycles. The molecule has 0 spiro atoms. The number of halogens is 1. The zero-order chi connectivity index (χ0) is 14.6. The molecule has 0 aliphatic carbocycles. The number of hydrogen-bond acceptors (Lipinski definition) is 3. The molecule has 1 aromatic rings. The number of benzene rings is 1. The van der Waals surface area contributed by atoms with E-state index in [2.05, 4.69) is 5.32 Å². The van der Waals surface area contributed by atoms with Crippen LogP contribution in [0.1, 0.15) is 30.6 Å². The van der Waals surface area contributed by atoms with Crippen molar-refractivity contribution in [1.29, 1.82) is 0 Å². The van der Waals surface area contributed by atoms with Gasteiger partial charge in [-0.05, 0) is 24.1 Å². The quantitative estimate of drug-likeness (QED) is 0.759. The Morgan fingerprint density at radius 2 is 2.11 bits per heavy atom. The van der Waals surface area contributed by atoms with Crippen LogP contribution in [0.4, 0.5) is 10.1 Å². The number of carboxylic acids is 1. The molecule has 6 heteroatoms. The van der Waals surface area contributed by atoms with Gasteiger partial charge in [0.05, 0.1) is 17.3 Å². The van der Waals surface area contributed by atoms with E-state index in [4.69, 9.17) is 10.8 Å². The van der Waals surface area contributed by atoms with Crippen LogP contribution in [-0.2, 0) is 4.79 Å². The number of amides is 1. The Kier molecular flexibility index (Phi) is 5.00. The largest absolute Gasteiger partial charge is 0.478 e. The van der Waals surface area contributed by atoms with E-state index < -0.39 is 23.7 Å². The topological polar surface area (TPSA) is 92.4 Å². The first-order chi connectivity index (χ1) is 8.86. The van der Waals surface area contributed by atoms with E-state index in [9.17, 15) is 14.0 Å². The van der Waals surface area contributed by atoms with Crippen molar-refractivity contribution in [1.82, 2.24) is 0 Å². The van der Waals surface area contributed by atoms with Crippen LogP contribution in [0.15, 0.2) is 18.2 Å². The van der Waals surface area contributed by atoms with Gasteiger partial charge < -0.3 is 16.2 Å². The summed E-state index contributed by atoms with van der Waals surface area (Å²) >= 11 is 0. The second-order valence-corrected chi connectivity index (χ2v) is 4.40. The van der Waals surface area contributed by atoms with E-state index in [1.165, 1.54) is 0 Å². The second-order valence-electron chi connectivity index (χ2n) is 4.40. The molecule has 0 aliphatic rings. The third kappa shape index (κ3) is 3.75. The van der Waals surface area contributed by atoms with Crippen LogP contribution in [0.2, 0.25) is 0 Å². The number of nitrogens with one attached hydrogen (secondary N) is 1. The summed E-state index contributed by atoms with van der Waals surface area (Å²) in [5, 5.41) is 11.3. The van der Waals surface area contributed by atoms with Gasteiger partial charge in [0.1, 0.15) is 5.82 Å². The molecule has 0 heterocycles. The predicted molar refractivity (Wildman–Crippen MR) is 69.4 cm³/mol. The molecule has 0 saturated carbocycles. The molecule has 0 saturated heterocycles. The number of hydrogen-bond donors (Lipinski definition) is 3. The second kappa shape index (κ2) is 6.29. The highest BCUT2D eigenvalue weighted by Gasteiger charge is 2.21. The van der Waals surface area contributed by atoms with Crippen molar-refractivity contribution in [3.8, 4) is 0 Å². The lowest BCUT2D eigenvalue weighted by Gasteiger charge is -2.18. The maximum atomic E-state index is 13.1. The van der Waals surface area contributed by atoms with Gasteiger partial charge in [0, 0.05) is 0 Å². The predicted octanol–water partition coefficient (Wildman–Crippen LogP) is 1.84. The standard InChI is InChI=1S/C13H17FN2O3/c1-3-7(2)11(15)12(17)16-10-6-8(14)4-5-9(10)13(18)19/h4-7,11H,3,15H2,1-2H3,(H,16,17)(H,18,19). The van der Waals surface area contributed by atoms with Crippen LogP contribution >= 0.6 is 0 Å².